The van der Waals surface area contributed by atoms with Crippen LogP contribution in [0, 0.1) is 0 Å². The van der Waals surface area contributed by atoms with Gasteiger partial charge in [-0.2, -0.15) is 0 Å². The zero-order valence-corrected chi connectivity index (χ0v) is 13.5. The maximum absolute atomic E-state index is 12.1. The van der Waals surface area contributed by atoms with Crippen LogP contribution in [0.3, 0.4) is 0 Å². The summed E-state index contributed by atoms with van der Waals surface area (Å²) in [4.78, 5) is 12.1. The molecule has 0 saturated carbocycles. The SMILES string of the molecule is CC1(C)CC(NC(=O)C=Cc2ccccc2)CC(C)(C)[NH2+]1. The van der Waals surface area contributed by atoms with Gasteiger partial charge in [-0.05, 0) is 39.3 Å². The van der Waals surface area contributed by atoms with Gasteiger partial charge in [0, 0.05) is 25.0 Å². The van der Waals surface area contributed by atoms with Gasteiger partial charge in [-0.25, -0.2) is 0 Å². The second kappa shape index (κ2) is 6.02. The molecule has 0 aliphatic carbocycles. The molecule has 1 aromatic carbocycles. The van der Waals surface area contributed by atoms with Gasteiger partial charge in [-0.1, -0.05) is 30.3 Å². The molecule has 1 aromatic rings. The Balaban J connectivity index is 1.95. The lowest BCUT2D eigenvalue weighted by molar-refractivity contribution is -0.787. The van der Waals surface area contributed by atoms with E-state index in [0.717, 1.165) is 18.4 Å². The van der Waals surface area contributed by atoms with Crippen LogP contribution in [-0.2, 0) is 4.79 Å². The van der Waals surface area contributed by atoms with Crippen molar-refractivity contribution >= 4 is 12.0 Å². The lowest BCUT2D eigenvalue weighted by atomic mass is 9.79. The lowest BCUT2D eigenvalue weighted by Crippen LogP contribution is -3.06. The second-order valence-electron chi connectivity index (χ2n) is 7.48. The molecule has 0 spiro atoms. The Labute approximate surface area is 127 Å². The van der Waals surface area contributed by atoms with Crippen molar-refractivity contribution in [3.05, 3.63) is 42.0 Å². The minimum Gasteiger partial charge on any atom is -0.349 e. The summed E-state index contributed by atoms with van der Waals surface area (Å²) in [7, 11) is 0. The molecule has 0 bridgehead atoms. The van der Waals surface area contributed by atoms with Crippen molar-refractivity contribution in [1.82, 2.24) is 5.32 Å². The molecule has 3 nitrogen and oxygen atoms in total. The van der Waals surface area contributed by atoms with Gasteiger partial charge in [0.1, 0.15) is 0 Å². The van der Waals surface area contributed by atoms with Gasteiger partial charge in [0.15, 0.2) is 0 Å². The summed E-state index contributed by atoms with van der Waals surface area (Å²) >= 11 is 0. The second-order valence-corrected chi connectivity index (χ2v) is 7.48. The summed E-state index contributed by atoms with van der Waals surface area (Å²) < 4.78 is 0. The Kier molecular flexibility index (Phi) is 4.52. The Bertz CT molecular complexity index is 501. The van der Waals surface area contributed by atoms with Crippen molar-refractivity contribution in [1.29, 1.82) is 0 Å². The highest BCUT2D eigenvalue weighted by molar-refractivity contribution is 5.91. The van der Waals surface area contributed by atoms with Gasteiger partial charge in [0.25, 0.3) is 0 Å². The topological polar surface area (TPSA) is 45.7 Å². The fraction of sp³-hybridized carbons (Fsp3) is 0.500. The molecular weight excluding hydrogens is 260 g/mol. The highest BCUT2D eigenvalue weighted by Crippen LogP contribution is 2.21. The van der Waals surface area contributed by atoms with Gasteiger partial charge in [-0.3, -0.25) is 4.79 Å². The highest BCUT2D eigenvalue weighted by atomic mass is 16.1. The van der Waals surface area contributed by atoms with Crippen molar-refractivity contribution in [2.75, 3.05) is 0 Å². The first-order valence-corrected chi connectivity index (χ1v) is 7.67. The zero-order chi connectivity index (χ0) is 15.5. The van der Waals surface area contributed by atoms with E-state index < -0.39 is 0 Å². The molecule has 1 aliphatic heterocycles. The minimum atomic E-state index is -0.00245. The van der Waals surface area contributed by atoms with E-state index in [1.165, 1.54) is 0 Å². The van der Waals surface area contributed by atoms with Crippen LogP contribution in [0.5, 0.6) is 0 Å². The fourth-order valence-corrected chi connectivity index (χ4v) is 3.61. The number of piperidine rings is 1. The van der Waals surface area contributed by atoms with Gasteiger partial charge in [-0.15, -0.1) is 0 Å². The van der Waals surface area contributed by atoms with Crippen LogP contribution in [0.1, 0.15) is 46.1 Å². The van der Waals surface area contributed by atoms with Crippen molar-refractivity contribution in [2.24, 2.45) is 0 Å². The van der Waals surface area contributed by atoms with Gasteiger partial charge >= 0.3 is 0 Å². The minimum absolute atomic E-state index is 0.00245. The van der Waals surface area contributed by atoms with Crippen LogP contribution in [0.4, 0.5) is 0 Å². The van der Waals surface area contributed by atoms with Crippen LogP contribution in [0.25, 0.3) is 6.08 Å². The molecule has 21 heavy (non-hydrogen) atoms. The van der Waals surface area contributed by atoms with Crippen LogP contribution in [0.2, 0.25) is 0 Å². The number of amides is 1. The maximum atomic E-state index is 12.1. The Morgan fingerprint density at radius 2 is 1.71 bits per heavy atom. The van der Waals surface area contributed by atoms with Gasteiger partial charge in [0.2, 0.25) is 5.91 Å². The van der Waals surface area contributed by atoms with Crippen molar-refractivity contribution < 1.29 is 10.1 Å². The average molecular weight is 287 g/mol. The monoisotopic (exact) mass is 287 g/mol. The molecule has 0 aromatic heterocycles. The number of benzene rings is 1. The first kappa shape index (κ1) is 15.8. The standard InChI is InChI=1S/C18H26N2O/c1-17(2)12-15(13-18(3,4)20-17)19-16(21)11-10-14-8-6-5-7-9-14/h5-11,15,20H,12-13H2,1-4H3,(H,19,21)/p+1. The number of nitrogens with one attached hydrogen (secondary N) is 1. The van der Waals surface area contributed by atoms with E-state index in [9.17, 15) is 4.79 Å². The molecule has 2 rings (SSSR count). The summed E-state index contributed by atoms with van der Waals surface area (Å²) in [6.45, 7) is 8.97. The Morgan fingerprint density at radius 3 is 2.29 bits per heavy atom. The summed E-state index contributed by atoms with van der Waals surface area (Å²) in [6, 6.07) is 10.1. The molecule has 0 radical (unpaired) electrons. The number of hydrogen-bond donors (Lipinski definition) is 2. The van der Waals surface area contributed by atoms with Gasteiger partial charge in [0.05, 0.1) is 11.1 Å². The number of carbonyl (C=O) groups is 1. The van der Waals surface area contributed by atoms with Crippen LogP contribution in [-0.4, -0.2) is 23.0 Å². The largest absolute Gasteiger partial charge is 0.349 e. The summed E-state index contributed by atoms with van der Waals surface area (Å²) in [6.07, 6.45) is 5.50. The normalized spacial score (nSPS) is 21.3. The third kappa shape index (κ3) is 5.01. The molecular formula is C18H27N2O+. The molecule has 1 amide bonds. The van der Waals surface area contributed by atoms with E-state index in [0.29, 0.717) is 0 Å². The molecule has 3 heteroatoms. The molecule has 1 aliphatic rings. The quantitative estimate of drug-likeness (QED) is 0.822. The van der Waals surface area contributed by atoms with Crippen molar-refractivity contribution in [3.63, 3.8) is 0 Å². The molecule has 1 fully saturated rings. The predicted molar refractivity (Wildman–Crippen MR) is 86.7 cm³/mol. The van der Waals surface area contributed by atoms with E-state index in [1.54, 1.807) is 6.08 Å². The smallest absolute Gasteiger partial charge is 0.244 e. The van der Waals surface area contributed by atoms with E-state index in [-0.39, 0.29) is 23.0 Å². The summed E-state index contributed by atoms with van der Waals surface area (Å²) in [5, 5.41) is 5.57. The third-order valence-corrected chi connectivity index (χ3v) is 3.90. The van der Waals surface area contributed by atoms with Gasteiger partial charge < -0.3 is 10.6 Å². The number of hydrogen-bond acceptors (Lipinski definition) is 1. The van der Waals surface area contributed by atoms with E-state index in [2.05, 4.69) is 38.3 Å². The third-order valence-electron chi connectivity index (χ3n) is 3.90. The number of nitrogens with two attached hydrogens (primary N) is 1. The molecule has 114 valence electrons. The first-order valence-electron chi connectivity index (χ1n) is 7.67. The van der Waals surface area contributed by atoms with Crippen LogP contribution in [0.15, 0.2) is 36.4 Å². The molecule has 1 saturated heterocycles. The van der Waals surface area contributed by atoms with Crippen molar-refractivity contribution in [3.8, 4) is 0 Å². The Morgan fingerprint density at radius 1 is 1.14 bits per heavy atom. The zero-order valence-electron chi connectivity index (χ0n) is 13.5. The van der Waals surface area contributed by atoms with E-state index >= 15 is 0 Å². The number of rotatable bonds is 3. The predicted octanol–water partition coefficient (Wildman–Crippen LogP) is 2.10. The fourth-order valence-electron chi connectivity index (χ4n) is 3.61. The molecule has 0 unspecified atom stereocenters. The molecule has 0 atom stereocenters. The average Bonchev–Trinajstić information content (AvgIpc) is 2.33. The van der Waals surface area contributed by atoms with Crippen LogP contribution >= 0.6 is 0 Å². The highest BCUT2D eigenvalue weighted by Gasteiger charge is 2.41. The van der Waals surface area contributed by atoms with Crippen LogP contribution < -0.4 is 10.6 Å². The molecule has 3 N–H and O–H groups in total. The summed E-state index contributed by atoms with van der Waals surface area (Å²) in [5.74, 6) is -0.00245. The maximum Gasteiger partial charge on any atom is 0.244 e. The first-order chi connectivity index (χ1) is 9.76. The molecule has 1 heterocycles. The lowest BCUT2D eigenvalue weighted by Gasteiger charge is -2.43. The van der Waals surface area contributed by atoms with Crippen molar-refractivity contribution in [2.45, 2.75) is 57.7 Å². The van der Waals surface area contributed by atoms with E-state index in [1.807, 2.05) is 36.4 Å². The number of carbonyl (C=O) groups excluding carboxylic acids is 1. The number of quaternary nitrogens is 1. The summed E-state index contributed by atoms with van der Waals surface area (Å²) in [5.41, 5.74) is 1.39. The van der Waals surface area contributed by atoms with E-state index in [4.69, 9.17) is 0 Å². The Hall–Kier alpha value is -1.61.